The molecule has 0 saturated carbocycles. The average Bonchev–Trinajstić information content (AvgIpc) is 2.39. The van der Waals surface area contributed by atoms with Gasteiger partial charge in [-0.1, -0.05) is 0 Å². The summed E-state index contributed by atoms with van der Waals surface area (Å²) in [6.45, 7) is 2.84. The Morgan fingerprint density at radius 1 is 1.54 bits per heavy atom. The number of aliphatic hydroxyl groups is 2. The minimum Gasteiger partial charge on any atom is -0.394 e. The summed E-state index contributed by atoms with van der Waals surface area (Å²) in [7, 11) is 0. The van der Waals surface area contributed by atoms with E-state index < -0.39 is 30.7 Å². The lowest BCUT2D eigenvalue weighted by Crippen LogP contribution is -2.38. The van der Waals surface area contributed by atoms with Crippen LogP contribution in [0.3, 0.4) is 0 Å². The molecule has 0 aliphatic carbocycles. The fourth-order valence-electron chi connectivity index (χ4n) is 1.32. The van der Waals surface area contributed by atoms with E-state index in [0.29, 0.717) is 6.29 Å². The number of aldehydes is 1. The average molecular weight is 190 g/mol. The second-order valence-electron chi connectivity index (χ2n) is 3.45. The summed E-state index contributed by atoms with van der Waals surface area (Å²) in [6.07, 6.45) is -2.11. The van der Waals surface area contributed by atoms with Gasteiger partial charge >= 0.3 is 0 Å². The molecule has 2 N–H and O–H groups in total. The number of hydrogen-bond acceptors (Lipinski definition) is 5. The quantitative estimate of drug-likeness (QED) is 0.562. The largest absolute Gasteiger partial charge is 0.394 e. The zero-order chi connectivity index (χ0) is 10.1. The second kappa shape index (κ2) is 3.71. The minimum atomic E-state index is -1.09. The molecule has 1 heterocycles. The maximum absolute atomic E-state index is 10.5. The van der Waals surface area contributed by atoms with Crippen LogP contribution >= 0.6 is 0 Å². The summed E-state index contributed by atoms with van der Waals surface area (Å²) in [6, 6.07) is 0. The van der Waals surface area contributed by atoms with E-state index in [0.717, 1.165) is 0 Å². The number of hydrogen-bond donors (Lipinski definition) is 2. The van der Waals surface area contributed by atoms with E-state index in [9.17, 15) is 9.90 Å². The molecule has 0 radical (unpaired) electrons. The van der Waals surface area contributed by atoms with E-state index in [1.54, 1.807) is 13.8 Å². The molecule has 0 aromatic heterocycles. The third-order valence-electron chi connectivity index (χ3n) is 1.86. The monoisotopic (exact) mass is 190 g/mol. The van der Waals surface area contributed by atoms with Gasteiger partial charge in [-0.15, -0.1) is 0 Å². The summed E-state index contributed by atoms with van der Waals surface area (Å²) >= 11 is 0. The van der Waals surface area contributed by atoms with Crippen LogP contribution in [0.1, 0.15) is 13.8 Å². The molecule has 0 aromatic rings. The van der Waals surface area contributed by atoms with Gasteiger partial charge in [0.05, 0.1) is 6.61 Å². The van der Waals surface area contributed by atoms with Crippen molar-refractivity contribution in [1.82, 2.24) is 0 Å². The fraction of sp³-hybridized carbons (Fsp3) is 0.875. The maximum Gasteiger partial charge on any atom is 0.164 e. The van der Waals surface area contributed by atoms with Gasteiger partial charge in [0.25, 0.3) is 0 Å². The first kappa shape index (κ1) is 10.6. The van der Waals surface area contributed by atoms with Gasteiger partial charge in [0.2, 0.25) is 0 Å². The summed E-state index contributed by atoms with van der Waals surface area (Å²) in [5.74, 6) is -0.883. The minimum absolute atomic E-state index is 0.450. The Labute approximate surface area is 76.3 Å². The lowest BCUT2D eigenvalue weighted by Gasteiger charge is -2.19. The van der Waals surface area contributed by atoms with Crippen LogP contribution < -0.4 is 0 Å². The summed E-state index contributed by atoms with van der Waals surface area (Å²) in [5, 5.41) is 18.0. The normalized spacial score (nSPS) is 34.5. The van der Waals surface area contributed by atoms with Crippen LogP contribution in [-0.2, 0) is 14.3 Å². The van der Waals surface area contributed by atoms with Gasteiger partial charge in [-0.2, -0.15) is 0 Å². The molecular weight excluding hydrogens is 176 g/mol. The molecule has 1 saturated heterocycles. The van der Waals surface area contributed by atoms with Gasteiger partial charge in [-0.25, -0.2) is 0 Å². The Balaban J connectivity index is 2.68. The number of carbonyl (C=O) groups is 1. The van der Waals surface area contributed by atoms with E-state index in [-0.39, 0.29) is 0 Å². The number of aliphatic hydroxyl groups excluding tert-OH is 2. The van der Waals surface area contributed by atoms with Crippen LogP contribution in [0.4, 0.5) is 0 Å². The molecule has 0 unspecified atom stereocenters. The molecule has 13 heavy (non-hydrogen) atoms. The highest BCUT2D eigenvalue weighted by Crippen LogP contribution is 2.28. The van der Waals surface area contributed by atoms with E-state index >= 15 is 0 Å². The van der Waals surface area contributed by atoms with Crippen molar-refractivity contribution in [2.75, 3.05) is 6.61 Å². The highest BCUT2D eigenvalue weighted by Gasteiger charge is 2.44. The predicted molar refractivity (Wildman–Crippen MR) is 43.0 cm³/mol. The van der Waals surface area contributed by atoms with Gasteiger partial charge in [0.15, 0.2) is 12.1 Å². The summed E-state index contributed by atoms with van der Waals surface area (Å²) in [4.78, 5) is 10.5. The first-order chi connectivity index (χ1) is 6.00. The van der Waals surface area contributed by atoms with Crippen LogP contribution in [0.15, 0.2) is 0 Å². The third kappa shape index (κ3) is 2.25. The lowest BCUT2D eigenvalue weighted by atomic mass is 10.1. The van der Waals surface area contributed by atoms with Gasteiger partial charge in [0.1, 0.15) is 18.3 Å². The van der Waals surface area contributed by atoms with Crippen LogP contribution in [-0.4, -0.2) is 47.2 Å². The van der Waals surface area contributed by atoms with Crippen molar-refractivity contribution < 1.29 is 24.5 Å². The number of ether oxygens (including phenoxy) is 2. The smallest absolute Gasteiger partial charge is 0.164 e. The Hall–Kier alpha value is -0.490. The van der Waals surface area contributed by atoms with E-state index in [2.05, 4.69) is 0 Å². The number of rotatable bonds is 3. The van der Waals surface area contributed by atoms with Gasteiger partial charge in [-0.3, -0.25) is 0 Å². The van der Waals surface area contributed by atoms with Crippen molar-refractivity contribution in [1.29, 1.82) is 0 Å². The molecule has 1 rings (SSSR count). The van der Waals surface area contributed by atoms with Crippen molar-refractivity contribution in [3.63, 3.8) is 0 Å². The molecule has 0 aromatic carbocycles. The zero-order valence-corrected chi connectivity index (χ0v) is 7.64. The van der Waals surface area contributed by atoms with Crippen molar-refractivity contribution in [2.45, 2.75) is 37.9 Å². The highest BCUT2D eigenvalue weighted by molar-refractivity contribution is 5.58. The molecule has 1 fully saturated rings. The molecule has 1 aliphatic rings. The summed E-state index contributed by atoms with van der Waals surface area (Å²) in [5.41, 5.74) is 0. The number of carbonyl (C=O) groups excluding carboxylic acids is 1. The molecule has 5 nitrogen and oxygen atoms in total. The lowest BCUT2D eigenvalue weighted by molar-refractivity contribution is -0.158. The molecule has 5 heteroatoms. The van der Waals surface area contributed by atoms with Crippen LogP contribution in [0.5, 0.6) is 0 Å². The van der Waals surface area contributed by atoms with Crippen molar-refractivity contribution >= 4 is 6.29 Å². The van der Waals surface area contributed by atoms with Crippen LogP contribution in [0, 0.1) is 0 Å². The van der Waals surface area contributed by atoms with Crippen molar-refractivity contribution in [2.24, 2.45) is 0 Å². The predicted octanol–water partition coefficient (Wildman–Crippen LogP) is -0.941. The first-order valence-electron chi connectivity index (χ1n) is 4.10. The highest BCUT2D eigenvalue weighted by atomic mass is 16.8. The van der Waals surface area contributed by atoms with Gasteiger partial charge < -0.3 is 24.5 Å². The molecule has 0 amide bonds. The topological polar surface area (TPSA) is 76.0 Å². The van der Waals surface area contributed by atoms with Gasteiger partial charge in [0, 0.05) is 0 Å². The molecule has 3 atom stereocenters. The molecular formula is C8H14O5. The standard InChI is InChI=1S/C8H14O5/c1-8(2)12-6(4-10)7(13-8)5(11)3-9/h4-7,9,11H,3H2,1-2H3/t5-,6-,7+/m1/s1. The Morgan fingerprint density at radius 3 is 2.62 bits per heavy atom. The SMILES string of the molecule is CC1(C)O[C@@H]([C@H](O)CO)[C@@H](C=O)O1. The van der Waals surface area contributed by atoms with Crippen LogP contribution in [0.2, 0.25) is 0 Å². The Bertz CT molecular complexity index is 191. The van der Waals surface area contributed by atoms with E-state index in [4.69, 9.17) is 14.6 Å². The van der Waals surface area contributed by atoms with E-state index in [1.165, 1.54) is 0 Å². The summed E-state index contributed by atoms with van der Waals surface area (Å²) < 4.78 is 10.4. The first-order valence-corrected chi connectivity index (χ1v) is 4.10. The molecule has 76 valence electrons. The Morgan fingerprint density at radius 2 is 2.15 bits per heavy atom. The zero-order valence-electron chi connectivity index (χ0n) is 7.64. The fourth-order valence-corrected chi connectivity index (χ4v) is 1.32. The van der Waals surface area contributed by atoms with Crippen molar-refractivity contribution in [3.05, 3.63) is 0 Å². The molecule has 0 bridgehead atoms. The van der Waals surface area contributed by atoms with E-state index in [1.807, 2.05) is 0 Å². The molecule has 1 aliphatic heterocycles. The van der Waals surface area contributed by atoms with Crippen LogP contribution in [0.25, 0.3) is 0 Å². The van der Waals surface area contributed by atoms with Gasteiger partial charge in [-0.05, 0) is 13.8 Å². The Kier molecular flexibility index (Phi) is 3.02. The maximum atomic E-state index is 10.5. The molecule has 0 spiro atoms. The second-order valence-corrected chi connectivity index (χ2v) is 3.45. The van der Waals surface area contributed by atoms with Crippen molar-refractivity contribution in [3.8, 4) is 0 Å². The third-order valence-corrected chi connectivity index (χ3v) is 1.86.